The van der Waals surface area contributed by atoms with Gasteiger partial charge in [0, 0.05) is 18.2 Å². The van der Waals surface area contributed by atoms with Gasteiger partial charge in [0.1, 0.15) is 11.3 Å². The summed E-state index contributed by atoms with van der Waals surface area (Å²) in [5, 5.41) is 0. The number of imidazole rings is 1. The van der Waals surface area contributed by atoms with E-state index in [1.165, 1.54) is 6.07 Å². The quantitative estimate of drug-likeness (QED) is 0.792. The van der Waals surface area contributed by atoms with E-state index < -0.39 is 0 Å². The van der Waals surface area contributed by atoms with Crippen LogP contribution in [0, 0.1) is 5.82 Å². The van der Waals surface area contributed by atoms with E-state index in [4.69, 9.17) is 5.73 Å². The molecule has 0 spiro atoms. The first-order valence-electron chi connectivity index (χ1n) is 7.07. The second kappa shape index (κ2) is 5.30. The lowest BCUT2D eigenvalue weighted by Gasteiger charge is -2.13. The topological polar surface area (TPSA) is 43.8 Å². The molecule has 0 bridgehead atoms. The van der Waals surface area contributed by atoms with Crippen molar-refractivity contribution in [2.45, 2.75) is 26.4 Å². The Bertz CT molecular complexity index is 773. The molecule has 0 aliphatic rings. The molecule has 1 heterocycles. The number of fused-ring (bicyclic) bond motifs is 1. The number of aromatic nitrogens is 2. The summed E-state index contributed by atoms with van der Waals surface area (Å²) in [5.74, 6) is 0.500. The van der Waals surface area contributed by atoms with Gasteiger partial charge in [0.2, 0.25) is 0 Å². The van der Waals surface area contributed by atoms with Crippen molar-refractivity contribution < 1.29 is 4.39 Å². The standard InChI is InChI=1S/C17H18FN3/c1-11(2)21-15-5-3-4-14(18)16(15)20-17(21)13-8-6-12(10-19)7-9-13/h3-9,11H,10,19H2,1-2H3. The van der Waals surface area contributed by atoms with E-state index in [1.807, 2.05) is 30.3 Å². The molecular formula is C17H18FN3. The van der Waals surface area contributed by atoms with Gasteiger partial charge in [-0.3, -0.25) is 0 Å². The average Bonchev–Trinajstić information content (AvgIpc) is 2.88. The molecule has 108 valence electrons. The van der Waals surface area contributed by atoms with Gasteiger partial charge in [-0.1, -0.05) is 30.3 Å². The Balaban J connectivity index is 2.25. The van der Waals surface area contributed by atoms with Gasteiger partial charge in [-0.05, 0) is 31.5 Å². The van der Waals surface area contributed by atoms with Crippen LogP contribution in [0.4, 0.5) is 4.39 Å². The third kappa shape index (κ3) is 2.32. The first-order chi connectivity index (χ1) is 10.1. The van der Waals surface area contributed by atoms with Crippen molar-refractivity contribution in [1.29, 1.82) is 0 Å². The number of rotatable bonds is 3. The molecule has 0 aliphatic heterocycles. The molecule has 0 aliphatic carbocycles. The molecule has 1 aromatic heterocycles. The maximum Gasteiger partial charge on any atom is 0.151 e. The molecule has 2 N–H and O–H groups in total. The highest BCUT2D eigenvalue weighted by atomic mass is 19.1. The summed E-state index contributed by atoms with van der Waals surface area (Å²) in [7, 11) is 0. The van der Waals surface area contributed by atoms with Gasteiger partial charge >= 0.3 is 0 Å². The molecule has 3 nitrogen and oxygen atoms in total. The fraction of sp³-hybridized carbons (Fsp3) is 0.235. The SMILES string of the molecule is CC(C)n1c(-c2ccc(CN)cc2)nc2c(F)cccc21. The number of hydrogen-bond acceptors (Lipinski definition) is 2. The van der Waals surface area contributed by atoms with Gasteiger partial charge in [-0.15, -0.1) is 0 Å². The molecule has 0 amide bonds. The van der Waals surface area contributed by atoms with Crippen LogP contribution in [-0.2, 0) is 6.54 Å². The van der Waals surface area contributed by atoms with Crippen molar-refractivity contribution in [3.63, 3.8) is 0 Å². The number of hydrogen-bond donors (Lipinski definition) is 1. The van der Waals surface area contributed by atoms with E-state index >= 15 is 0 Å². The van der Waals surface area contributed by atoms with Crippen molar-refractivity contribution in [3.05, 3.63) is 53.8 Å². The van der Waals surface area contributed by atoms with Crippen molar-refractivity contribution >= 4 is 11.0 Å². The minimum atomic E-state index is -0.285. The lowest BCUT2D eigenvalue weighted by molar-refractivity contribution is 0.623. The largest absolute Gasteiger partial charge is 0.326 e. The monoisotopic (exact) mass is 283 g/mol. The second-order valence-electron chi connectivity index (χ2n) is 5.41. The summed E-state index contributed by atoms with van der Waals surface area (Å²) in [5.41, 5.74) is 8.91. The van der Waals surface area contributed by atoms with Gasteiger partial charge in [0.05, 0.1) is 5.52 Å². The molecule has 4 heteroatoms. The number of benzene rings is 2. The zero-order valence-corrected chi connectivity index (χ0v) is 12.2. The normalized spacial score (nSPS) is 11.5. The van der Waals surface area contributed by atoms with Crippen molar-refractivity contribution in [3.8, 4) is 11.4 Å². The fourth-order valence-corrected chi connectivity index (χ4v) is 2.60. The van der Waals surface area contributed by atoms with Crippen LogP contribution in [0.3, 0.4) is 0 Å². The van der Waals surface area contributed by atoms with Crippen LogP contribution < -0.4 is 5.73 Å². The fourth-order valence-electron chi connectivity index (χ4n) is 2.60. The molecule has 0 unspecified atom stereocenters. The molecule has 2 aromatic carbocycles. The lowest BCUT2D eigenvalue weighted by atomic mass is 10.1. The van der Waals surface area contributed by atoms with E-state index in [2.05, 4.69) is 23.4 Å². The Hall–Kier alpha value is -2.20. The molecule has 0 saturated carbocycles. The summed E-state index contributed by atoms with van der Waals surface area (Å²) in [6.45, 7) is 4.66. The number of nitrogens with two attached hydrogens (primary N) is 1. The third-order valence-corrected chi connectivity index (χ3v) is 3.64. The minimum absolute atomic E-state index is 0.195. The first kappa shape index (κ1) is 13.8. The molecule has 0 atom stereocenters. The van der Waals surface area contributed by atoms with E-state index in [0.717, 1.165) is 22.5 Å². The molecule has 3 rings (SSSR count). The van der Waals surface area contributed by atoms with E-state index in [9.17, 15) is 4.39 Å². The maximum absolute atomic E-state index is 14.0. The summed E-state index contributed by atoms with van der Waals surface area (Å²) in [4.78, 5) is 4.52. The predicted molar refractivity (Wildman–Crippen MR) is 83.4 cm³/mol. The van der Waals surface area contributed by atoms with E-state index in [-0.39, 0.29) is 11.9 Å². The van der Waals surface area contributed by atoms with Crippen LogP contribution in [-0.4, -0.2) is 9.55 Å². The van der Waals surface area contributed by atoms with Gasteiger partial charge in [-0.2, -0.15) is 0 Å². The summed E-state index contributed by atoms with van der Waals surface area (Å²) < 4.78 is 16.1. The highest BCUT2D eigenvalue weighted by molar-refractivity contribution is 5.81. The third-order valence-electron chi connectivity index (χ3n) is 3.64. The Morgan fingerprint density at radius 1 is 1.14 bits per heavy atom. The van der Waals surface area contributed by atoms with Crippen LogP contribution in [0.1, 0.15) is 25.5 Å². The van der Waals surface area contributed by atoms with Gasteiger partial charge in [-0.25, -0.2) is 9.37 Å². The Kier molecular flexibility index (Phi) is 3.47. The summed E-state index contributed by atoms with van der Waals surface area (Å²) >= 11 is 0. The summed E-state index contributed by atoms with van der Waals surface area (Å²) in [6, 6.07) is 13.2. The van der Waals surface area contributed by atoms with Crippen molar-refractivity contribution in [1.82, 2.24) is 9.55 Å². The Morgan fingerprint density at radius 2 is 1.86 bits per heavy atom. The van der Waals surface area contributed by atoms with Crippen LogP contribution in [0.15, 0.2) is 42.5 Å². The van der Waals surface area contributed by atoms with Crippen molar-refractivity contribution in [2.75, 3.05) is 0 Å². The lowest BCUT2D eigenvalue weighted by Crippen LogP contribution is -2.03. The van der Waals surface area contributed by atoms with Gasteiger partial charge in [0.25, 0.3) is 0 Å². The van der Waals surface area contributed by atoms with Gasteiger partial charge in [0.15, 0.2) is 5.82 Å². The zero-order chi connectivity index (χ0) is 15.0. The van der Waals surface area contributed by atoms with Crippen molar-refractivity contribution in [2.24, 2.45) is 5.73 Å². The zero-order valence-electron chi connectivity index (χ0n) is 12.2. The molecule has 0 fully saturated rings. The van der Waals surface area contributed by atoms with Gasteiger partial charge < -0.3 is 10.3 Å². The smallest absolute Gasteiger partial charge is 0.151 e. The molecule has 0 saturated heterocycles. The van der Waals surface area contributed by atoms with Crippen LogP contribution >= 0.6 is 0 Å². The molecular weight excluding hydrogens is 265 g/mol. The second-order valence-corrected chi connectivity index (χ2v) is 5.41. The highest BCUT2D eigenvalue weighted by Crippen LogP contribution is 2.29. The molecule has 3 aromatic rings. The molecule has 0 radical (unpaired) electrons. The number of nitrogens with zero attached hydrogens (tertiary/aromatic N) is 2. The van der Waals surface area contributed by atoms with Crippen LogP contribution in [0.5, 0.6) is 0 Å². The minimum Gasteiger partial charge on any atom is -0.326 e. The number of halogens is 1. The maximum atomic E-state index is 14.0. The van der Waals surface area contributed by atoms with Crippen LogP contribution in [0.2, 0.25) is 0 Å². The van der Waals surface area contributed by atoms with Crippen LogP contribution in [0.25, 0.3) is 22.4 Å². The predicted octanol–water partition coefficient (Wildman–Crippen LogP) is 3.88. The Labute approximate surface area is 123 Å². The molecule has 21 heavy (non-hydrogen) atoms. The van der Waals surface area contributed by atoms with E-state index in [0.29, 0.717) is 12.1 Å². The first-order valence-corrected chi connectivity index (χ1v) is 7.07. The van der Waals surface area contributed by atoms with E-state index in [1.54, 1.807) is 6.07 Å². The summed E-state index contributed by atoms with van der Waals surface area (Å²) in [6.07, 6.45) is 0. The number of para-hydroxylation sites is 1. The average molecular weight is 283 g/mol. The highest BCUT2D eigenvalue weighted by Gasteiger charge is 2.16. The Morgan fingerprint density at radius 3 is 2.48 bits per heavy atom.